The second-order valence-corrected chi connectivity index (χ2v) is 4.89. The molecule has 6 heteroatoms. The summed E-state index contributed by atoms with van der Waals surface area (Å²) in [6.07, 6.45) is 1.08. The summed E-state index contributed by atoms with van der Waals surface area (Å²) in [4.78, 5) is 22.8. The molecule has 1 aromatic carbocycles. The van der Waals surface area contributed by atoms with E-state index in [9.17, 15) is 14.0 Å². The molecule has 0 spiro atoms. The van der Waals surface area contributed by atoms with E-state index in [4.69, 9.17) is 16.3 Å². The third kappa shape index (κ3) is 3.23. The molecule has 1 amide bonds. The van der Waals surface area contributed by atoms with Crippen molar-refractivity contribution in [3.63, 3.8) is 0 Å². The van der Waals surface area contributed by atoms with E-state index in [0.29, 0.717) is 18.4 Å². The van der Waals surface area contributed by atoms with E-state index in [-0.39, 0.29) is 29.1 Å². The van der Waals surface area contributed by atoms with Crippen LogP contribution in [0.1, 0.15) is 28.8 Å². The number of carbonyl (C=O) groups excluding carboxylic acids is 2. The minimum Gasteiger partial charge on any atom is -0.460 e. The molecule has 0 aromatic heterocycles. The van der Waals surface area contributed by atoms with Gasteiger partial charge in [0.05, 0.1) is 16.6 Å². The zero-order chi connectivity index (χ0) is 14.0. The van der Waals surface area contributed by atoms with Crippen LogP contribution in [0.2, 0.25) is 5.02 Å². The highest BCUT2D eigenvalue weighted by Crippen LogP contribution is 2.21. The quantitative estimate of drug-likeness (QED) is 0.867. The fourth-order valence-corrected chi connectivity index (χ4v) is 2.10. The summed E-state index contributed by atoms with van der Waals surface area (Å²) < 4.78 is 18.3. The Kier molecular flexibility index (Phi) is 4.04. The second-order valence-electron chi connectivity index (χ2n) is 4.48. The van der Waals surface area contributed by atoms with Gasteiger partial charge in [0.15, 0.2) is 0 Å². The van der Waals surface area contributed by atoms with Gasteiger partial charge in [-0.3, -0.25) is 4.79 Å². The Hall–Kier alpha value is -1.62. The summed E-state index contributed by atoms with van der Waals surface area (Å²) >= 11 is 5.80. The summed E-state index contributed by atoms with van der Waals surface area (Å²) in [6.45, 7) is 1.64. The number of rotatable bonds is 3. The third-order valence-electron chi connectivity index (χ3n) is 2.97. The molecule has 0 radical (unpaired) electrons. The van der Waals surface area contributed by atoms with Gasteiger partial charge in [0.2, 0.25) is 5.91 Å². The lowest BCUT2D eigenvalue weighted by Crippen LogP contribution is -2.30. The fourth-order valence-electron chi connectivity index (χ4n) is 1.87. The van der Waals surface area contributed by atoms with Crippen molar-refractivity contribution in [3.05, 3.63) is 34.1 Å². The average Bonchev–Trinajstić information content (AvgIpc) is 2.77. The Morgan fingerprint density at radius 1 is 1.58 bits per heavy atom. The van der Waals surface area contributed by atoms with Gasteiger partial charge in [0, 0.05) is 6.42 Å². The lowest BCUT2D eigenvalue weighted by atomic mass is 10.1. The molecule has 1 atom stereocenters. The van der Waals surface area contributed by atoms with Crippen molar-refractivity contribution >= 4 is 23.5 Å². The van der Waals surface area contributed by atoms with Crippen molar-refractivity contribution in [3.8, 4) is 0 Å². The number of hydrogen-bond donors (Lipinski definition) is 1. The Balaban J connectivity index is 2.00. The first kappa shape index (κ1) is 13.8. The van der Waals surface area contributed by atoms with E-state index in [1.807, 2.05) is 0 Å². The van der Waals surface area contributed by atoms with Crippen molar-refractivity contribution in [1.82, 2.24) is 5.32 Å². The van der Waals surface area contributed by atoms with Crippen LogP contribution >= 0.6 is 11.6 Å². The van der Waals surface area contributed by atoms with Gasteiger partial charge in [-0.2, -0.15) is 0 Å². The molecule has 1 aliphatic rings. The van der Waals surface area contributed by atoms with Crippen molar-refractivity contribution in [2.75, 3.05) is 6.61 Å². The van der Waals surface area contributed by atoms with Crippen LogP contribution in [0.5, 0.6) is 0 Å². The molecular formula is C13H13ClFNO3. The van der Waals surface area contributed by atoms with Crippen LogP contribution in [0.15, 0.2) is 12.1 Å². The first-order chi connectivity index (χ1) is 8.97. The molecule has 0 aliphatic carbocycles. The van der Waals surface area contributed by atoms with Crippen LogP contribution in [0.4, 0.5) is 4.39 Å². The molecule has 2 rings (SSSR count). The number of amides is 1. The van der Waals surface area contributed by atoms with Crippen LogP contribution in [0.25, 0.3) is 0 Å². The summed E-state index contributed by atoms with van der Waals surface area (Å²) in [5.41, 5.74) is 0.454. The van der Waals surface area contributed by atoms with Crippen molar-refractivity contribution in [2.24, 2.45) is 0 Å². The number of esters is 1. The summed E-state index contributed by atoms with van der Waals surface area (Å²) in [7, 11) is 0. The van der Waals surface area contributed by atoms with Gasteiger partial charge in [-0.05, 0) is 31.0 Å². The van der Waals surface area contributed by atoms with Crippen LogP contribution in [-0.2, 0) is 9.53 Å². The Morgan fingerprint density at radius 3 is 2.95 bits per heavy atom. The van der Waals surface area contributed by atoms with E-state index in [1.165, 1.54) is 6.07 Å². The number of carbonyl (C=O) groups is 2. The maximum atomic E-state index is 13.2. The summed E-state index contributed by atoms with van der Waals surface area (Å²) in [6, 6.07) is 2.29. The van der Waals surface area contributed by atoms with Gasteiger partial charge in [-0.1, -0.05) is 11.6 Å². The second kappa shape index (κ2) is 5.57. The van der Waals surface area contributed by atoms with E-state index in [0.717, 1.165) is 6.07 Å². The smallest absolute Gasteiger partial charge is 0.339 e. The molecule has 0 saturated carbocycles. The number of benzene rings is 1. The lowest BCUT2D eigenvalue weighted by Gasteiger charge is -2.11. The van der Waals surface area contributed by atoms with Gasteiger partial charge < -0.3 is 10.1 Å². The highest BCUT2D eigenvalue weighted by molar-refractivity contribution is 6.33. The molecule has 19 heavy (non-hydrogen) atoms. The molecule has 1 saturated heterocycles. The largest absolute Gasteiger partial charge is 0.460 e. The Labute approximate surface area is 114 Å². The standard InChI is InChI=1S/C13H13ClFNO3/c1-7-4-9(10(14)5-11(7)15)13(18)19-6-8-2-3-12(17)16-8/h4-5,8H,2-3,6H2,1H3,(H,16,17). The molecule has 1 fully saturated rings. The van der Waals surface area contributed by atoms with Crippen molar-refractivity contribution < 1.29 is 18.7 Å². The SMILES string of the molecule is Cc1cc(C(=O)OCC2CCC(=O)N2)c(Cl)cc1F. The first-order valence-corrected chi connectivity index (χ1v) is 6.27. The molecule has 1 N–H and O–H groups in total. The Morgan fingerprint density at radius 2 is 2.32 bits per heavy atom. The molecule has 1 aromatic rings. The minimum atomic E-state index is -0.616. The van der Waals surface area contributed by atoms with E-state index < -0.39 is 11.8 Å². The highest BCUT2D eigenvalue weighted by Gasteiger charge is 2.23. The van der Waals surface area contributed by atoms with Crippen LogP contribution in [-0.4, -0.2) is 24.5 Å². The van der Waals surface area contributed by atoms with Crippen LogP contribution in [0, 0.1) is 12.7 Å². The lowest BCUT2D eigenvalue weighted by molar-refractivity contribution is -0.119. The van der Waals surface area contributed by atoms with E-state index >= 15 is 0 Å². The van der Waals surface area contributed by atoms with Gasteiger partial charge >= 0.3 is 5.97 Å². The zero-order valence-corrected chi connectivity index (χ0v) is 11.1. The molecular weight excluding hydrogens is 273 g/mol. The topological polar surface area (TPSA) is 55.4 Å². The van der Waals surface area contributed by atoms with E-state index in [2.05, 4.69) is 5.32 Å². The van der Waals surface area contributed by atoms with Crippen LogP contribution in [0.3, 0.4) is 0 Å². The van der Waals surface area contributed by atoms with Gasteiger partial charge in [-0.25, -0.2) is 9.18 Å². The fraction of sp³-hybridized carbons (Fsp3) is 0.385. The molecule has 4 nitrogen and oxygen atoms in total. The van der Waals surface area contributed by atoms with Gasteiger partial charge in [0.25, 0.3) is 0 Å². The predicted molar refractivity (Wildman–Crippen MR) is 67.6 cm³/mol. The normalized spacial score (nSPS) is 18.3. The first-order valence-electron chi connectivity index (χ1n) is 5.89. The van der Waals surface area contributed by atoms with Crippen molar-refractivity contribution in [1.29, 1.82) is 0 Å². The number of ether oxygens (including phenoxy) is 1. The molecule has 102 valence electrons. The molecule has 1 aliphatic heterocycles. The monoisotopic (exact) mass is 285 g/mol. The summed E-state index contributed by atoms with van der Waals surface area (Å²) in [5.74, 6) is -1.13. The third-order valence-corrected chi connectivity index (χ3v) is 3.28. The number of halogens is 2. The number of nitrogens with one attached hydrogen (secondary N) is 1. The van der Waals surface area contributed by atoms with E-state index in [1.54, 1.807) is 6.92 Å². The maximum absolute atomic E-state index is 13.2. The van der Waals surface area contributed by atoms with Gasteiger partial charge in [0.1, 0.15) is 12.4 Å². The zero-order valence-electron chi connectivity index (χ0n) is 10.3. The summed E-state index contributed by atoms with van der Waals surface area (Å²) in [5, 5.41) is 2.70. The Bertz CT molecular complexity index is 533. The van der Waals surface area contributed by atoms with Gasteiger partial charge in [-0.15, -0.1) is 0 Å². The number of hydrogen-bond acceptors (Lipinski definition) is 3. The predicted octanol–water partition coefficient (Wildman–Crippen LogP) is 2.22. The average molecular weight is 286 g/mol. The van der Waals surface area contributed by atoms with Crippen molar-refractivity contribution in [2.45, 2.75) is 25.8 Å². The number of aryl methyl sites for hydroxylation is 1. The molecule has 1 unspecified atom stereocenters. The van der Waals surface area contributed by atoms with Crippen LogP contribution < -0.4 is 5.32 Å². The maximum Gasteiger partial charge on any atom is 0.339 e. The highest BCUT2D eigenvalue weighted by atomic mass is 35.5. The minimum absolute atomic E-state index is 0.0172. The molecule has 1 heterocycles. The molecule has 0 bridgehead atoms.